The highest BCUT2D eigenvalue weighted by atomic mass is 16.5. The quantitative estimate of drug-likeness (QED) is 0.630. The summed E-state index contributed by atoms with van der Waals surface area (Å²) < 4.78 is 5.37. The van der Waals surface area contributed by atoms with Crippen molar-refractivity contribution in [3.63, 3.8) is 0 Å². The minimum atomic E-state index is -1.31. The van der Waals surface area contributed by atoms with E-state index in [1.165, 1.54) is 13.0 Å². The monoisotopic (exact) mass is 480 g/mol. The second kappa shape index (κ2) is 7.95. The van der Waals surface area contributed by atoms with Crippen LogP contribution < -0.4 is 0 Å². The Kier molecular flexibility index (Phi) is 5.79. The molecule has 1 saturated carbocycles. The number of methoxy groups -OCH3 is 1. The number of hydrogen-bond donors (Lipinski definition) is 1. The zero-order valence-corrected chi connectivity index (χ0v) is 22.0. The van der Waals surface area contributed by atoms with Gasteiger partial charge in [-0.15, -0.1) is 0 Å². The molecule has 0 saturated heterocycles. The molecule has 6 nitrogen and oxygen atoms in total. The average Bonchev–Trinajstić information content (AvgIpc) is 2.72. The van der Waals surface area contributed by atoms with Crippen LogP contribution in [-0.4, -0.2) is 35.3 Å². The Bertz CT molecular complexity index is 1210. The Morgan fingerprint density at radius 1 is 1.17 bits per heavy atom. The Morgan fingerprint density at radius 3 is 2.34 bits per heavy atom. The summed E-state index contributed by atoms with van der Waals surface area (Å²) >= 11 is 0. The molecule has 0 spiro atoms. The minimum Gasteiger partial charge on any atom is -0.507 e. The molecular formula is C29H36O6. The number of aromatic hydroxyl groups is 1. The highest BCUT2D eigenvalue weighted by Gasteiger charge is 2.69. The van der Waals surface area contributed by atoms with E-state index in [0.29, 0.717) is 30.6 Å². The van der Waals surface area contributed by atoms with Gasteiger partial charge in [-0.2, -0.15) is 0 Å². The van der Waals surface area contributed by atoms with E-state index in [4.69, 9.17) is 4.74 Å². The molecule has 2 unspecified atom stereocenters. The summed E-state index contributed by atoms with van der Waals surface area (Å²) in [6.45, 7) is 13.2. The first-order valence-electron chi connectivity index (χ1n) is 12.3. The summed E-state index contributed by atoms with van der Waals surface area (Å²) in [5.41, 5.74) is 0.444. The Labute approximate surface area is 207 Å². The van der Waals surface area contributed by atoms with E-state index in [9.17, 15) is 24.3 Å². The Morgan fingerprint density at radius 2 is 1.80 bits per heavy atom. The van der Waals surface area contributed by atoms with Crippen LogP contribution in [0.5, 0.6) is 5.75 Å². The van der Waals surface area contributed by atoms with E-state index in [-0.39, 0.29) is 28.8 Å². The van der Waals surface area contributed by atoms with Crippen molar-refractivity contribution >= 4 is 23.1 Å². The van der Waals surface area contributed by atoms with Crippen LogP contribution in [0.4, 0.5) is 0 Å². The molecule has 6 heteroatoms. The molecule has 0 bridgehead atoms. The van der Waals surface area contributed by atoms with Gasteiger partial charge in [0, 0.05) is 24.0 Å². The zero-order valence-electron chi connectivity index (χ0n) is 22.0. The van der Waals surface area contributed by atoms with Gasteiger partial charge in [-0.05, 0) is 62.1 Å². The van der Waals surface area contributed by atoms with Crippen molar-refractivity contribution < 1.29 is 29.0 Å². The number of hydrogen-bond acceptors (Lipinski definition) is 6. The first-order valence-corrected chi connectivity index (χ1v) is 12.3. The first-order chi connectivity index (χ1) is 16.2. The molecule has 1 N–H and O–H groups in total. The molecule has 1 fully saturated rings. The number of carbonyl (C=O) groups excluding carboxylic acids is 4. The number of ketones is 4. The lowest BCUT2D eigenvalue weighted by Crippen LogP contribution is -2.66. The Hall–Kier alpha value is -2.60. The van der Waals surface area contributed by atoms with Crippen LogP contribution in [0, 0.1) is 34.0 Å². The molecule has 1 aromatic carbocycles. The maximum atomic E-state index is 14.1. The fraction of sp³-hybridized carbons (Fsp3) is 0.586. The van der Waals surface area contributed by atoms with E-state index in [2.05, 4.69) is 0 Å². The van der Waals surface area contributed by atoms with Crippen molar-refractivity contribution in [1.82, 2.24) is 0 Å². The molecular weight excluding hydrogens is 444 g/mol. The molecule has 3 aliphatic carbocycles. The van der Waals surface area contributed by atoms with Gasteiger partial charge in [0.1, 0.15) is 17.5 Å². The molecule has 5 atom stereocenters. The molecule has 3 aliphatic rings. The molecule has 1 aromatic rings. The molecule has 0 aromatic heterocycles. The van der Waals surface area contributed by atoms with Gasteiger partial charge in [0.2, 0.25) is 0 Å². The van der Waals surface area contributed by atoms with Crippen molar-refractivity contribution in [1.29, 1.82) is 0 Å². The van der Waals surface area contributed by atoms with Crippen LogP contribution >= 0.6 is 0 Å². The molecule has 35 heavy (non-hydrogen) atoms. The third-order valence-electron chi connectivity index (χ3n) is 9.44. The highest BCUT2D eigenvalue weighted by Crippen LogP contribution is 2.68. The second-order valence-electron chi connectivity index (χ2n) is 11.8. The normalized spacial score (nSPS) is 34.6. The third-order valence-corrected chi connectivity index (χ3v) is 9.44. The van der Waals surface area contributed by atoms with Crippen LogP contribution in [0.25, 0.3) is 0 Å². The lowest BCUT2D eigenvalue weighted by molar-refractivity contribution is -0.167. The van der Waals surface area contributed by atoms with E-state index in [1.807, 2.05) is 41.5 Å². The third kappa shape index (κ3) is 3.11. The summed E-state index contributed by atoms with van der Waals surface area (Å²) in [7, 11) is 1.59. The lowest BCUT2D eigenvalue weighted by atomic mass is 9.38. The van der Waals surface area contributed by atoms with Crippen molar-refractivity contribution in [2.24, 2.45) is 34.0 Å². The number of rotatable bonds is 4. The minimum absolute atomic E-state index is 0.0839. The average molecular weight is 481 g/mol. The molecule has 0 aliphatic heterocycles. The summed E-state index contributed by atoms with van der Waals surface area (Å²) in [6, 6.07) is 3.30. The summed E-state index contributed by atoms with van der Waals surface area (Å²) in [6.07, 6.45) is 0.935. The molecule has 4 rings (SSSR count). The largest absolute Gasteiger partial charge is 0.507 e. The van der Waals surface area contributed by atoms with Crippen molar-refractivity contribution in [3.8, 4) is 5.75 Å². The van der Waals surface area contributed by atoms with Crippen molar-refractivity contribution in [3.05, 3.63) is 40.0 Å². The van der Waals surface area contributed by atoms with Crippen LogP contribution in [0.1, 0.15) is 76.4 Å². The number of allylic oxidation sites excluding steroid dienone is 2. The number of phenols is 1. The number of Topliss-reactive ketones (excluding diaryl/α,β-unsaturated/α-hetero) is 4. The van der Waals surface area contributed by atoms with Gasteiger partial charge in [-0.3, -0.25) is 19.2 Å². The van der Waals surface area contributed by atoms with Gasteiger partial charge < -0.3 is 9.84 Å². The first kappa shape index (κ1) is 25.5. The van der Waals surface area contributed by atoms with Crippen LogP contribution in [0.15, 0.2) is 23.3 Å². The Balaban J connectivity index is 2.05. The van der Waals surface area contributed by atoms with Gasteiger partial charge in [0.25, 0.3) is 0 Å². The van der Waals surface area contributed by atoms with Gasteiger partial charge in [0.05, 0.1) is 17.6 Å². The van der Waals surface area contributed by atoms with Gasteiger partial charge in [0.15, 0.2) is 17.3 Å². The summed E-state index contributed by atoms with van der Waals surface area (Å²) in [5, 5.41) is 10.7. The number of benzene rings is 1. The molecule has 188 valence electrons. The SMILES string of the molecule is COCc1ccc(O)c2c1C[C@]1(C)C[C@]3(C)C(C(C)C)C(=O)C(C(C)=O)C(=O)[C@]3(C)C(C)=C1C2=O. The van der Waals surface area contributed by atoms with Gasteiger partial charge in [-0.1, -0.05) is 39.3 Å². The van der Waals surface area contributed by atoms with Crippen LogP contribution in [0.3, 0.4) is 0 Å². The number of ether oxygens (including phenoxy) is 1. The summed E-state index contributed by atoms with van der Waals surface area (Å²) in [4.78, 5) is 54.3. The van der Waals surface area contributed by atoms with Gasteiger partial charge in [-0.25, -0.2) is 0 Å². The summed E-state index contributed by atoms with van der Waals surface area (Å²) in [5.74, 6) is -3.41. The van der Waals surface area contributed by atoms with E-state index in [0.717, 1.165) is 11.1 Å². The number of phenolic OH excluding ortho intramolecular Hbond substituents is 1. The van der Waals surface area contributed by atoms with Crippen LogP contribution in [-0.2, 0) is 32.1 Å². The predicted molar refractivity (Wildman–Crippen MR) is 131 cm³/mol. The standard InChI is InChI=1S/C29H36O6/c1-14(2)22-24(32)20(16(4)30)26(34)29(7)15(3)23-25(33)21-18(11-27(23,5)13-28(22,29)6)17(12-35-8)9-10-19(21)31/h9-10,14,20,22,31H,11-13H2,1-8H3/t20?,22?,27-,28-,29+/m1/s1. The van der Waals surface area contributed by atoms with Crippen molar-refractivity contribution in [2.45, 2.75) is 67.9 Å². The lowest BCUT2D eigenvalue weighted by Gasteiger charge is -2.63. The number of carbonyl (C=O) groups is 4. The topological polar surface area (TPSA) is 97.7 Å². The van der Waals surface area contributed by atoms with Gasteiger partial charge >= 0.3 is 0 Å². The second-order valence-corrected chi connectivity index (χ2v) is 11.8. The fourth-order valence-electron chi connectivity index (χ4n) is 7.99. The number of fused-ring (bicyclic) bond motifs is 3. The fourth-order valence-corrected chi connectivity index (χ4v) is 7.99. The molecule has 0 heterocycles. The van der Waals surface area contributed by atoms with E-state index < -0.39 is 39.6 Å². The molecule has 0 amide bonds. The van der Waals surface area contributed by atoms with E-state index in [1.54, 1.807) is 13.2 Å². The maximum Gasteiger partial charge on any atom is 0.193 e. The predicted octanol–water partition coefficient (Wildman–Crippen LogP) is 4.65. The smallest absolute Gasteiger partial charge is 0.193 e. The maximum absolute atomic E-state index is 14.1. The van der Waals surface area contributed by atoms with Crippen molar-refractivity contribution in [2.75, 3.05) is 7.11 Å². The highest BCUT2D eigenvalue weighted by molar-refractivity contribution is 6.24. The molecule has 0 radical (unpaired) electrons. The van der Waals surface area contributed by atoms with Crippen LogP contribution in [0.2, 0.25) is 0 Å². The zero-order chi connectivity index (χ0) is 26.2. The van der Waals surface area contributed by atoms with E-state index >= 15 is 0 Å².